The van der Waals surface area contributed by atoms with E-state index in [9.17, 15) is 0 Å². The number of piperazine rings is 1. The van der Waals surface area contributed by atoms with E-state index >= 15 is 0 Å². The molecule has 1 aromatic heterocycles. The van der Waals surface area contributed by atoms with E-state index in [1.807, 2.05) is 6.92 Å². The van der Waals surface area contributed by atoms with Gasteiger partial charge in [-0.25, -0.2) is 0 Å². The lowest BCUT2D eigenvalue weighted by Gasteiger charge is -2.34. The van der Waals surface area contributed by atoms with Gasteiger partial charge in [-0.3, -0.25) is 9.80 Å². The van der Waals surface area contributed by atoms with Crippen LogP contribution in [0.25, 0.3) is 0 Å². The average molecular weight is 316 g/mol. The Morgan fingerprint density at radius 1 is 1.09 bits per heavy atom. The van der Waals surface area contributed by atoms with Gasteiger partial charge in [0, 0.05) is 45.2 Å². The highest BCUT2D eigenvalue weighted by molar-refractivity contribution is 5.36. The maximum Gasteiger partial charge on any atom is 0.223 e. The first-order chi connectivity index (χ1) is 11.1. The summed E-state index contributed by atoms with van der Waals surface area (Å²) in [6.45, 7) is 9.74. The van der Waals surface area contributed by atoms with Gasteiger partial charge in [0.2, 0.25) is 5.89 Å². The van der Waals surface area contributed by atoms with Gasteiger partial charge < -0.3 is 9.26 Å². The van der Waals surface area contributed by atoms with E-state index in [-0.39, 0.29) is 0 Å². The molecule has 1 fully saturated rings. The van der Waals surface area contributed by atoms with Gasteiger partial charge in [-0.05, 0) is 13.0 Å². The Morgan fingerprint density at radius 3 is 2.39 bits per heavy atom. The molecule has 6 heteroatoms. The minimum Gasteiger partial charge on any atom is -0.496 e. The quantitative estimate of drug-likeness (QED) is 0.841. The molecule has 3 rings (SSSR count). The number of methoxy groups -OCH3 is 1. The van der Waals surface area contributed by atoms with E-state index in [2.05, 4.69) is 45.1 Å². The van der Waals surface area contributed by atoms with Crippen LogP contribution in [0.3, 0.4) is 0 Å². The number of benzene rings is 1. The average Bonchev–Trinajstić information content (AvgIpc) is 2.95. The molecule has 0 N–H and O–H groups in total. The monoisotopic (exact) mass is 316 g/mol. The van der Waals surface area contributed by atoms with Crippen LogP contribution >= 0.6 is 0 Å². The number of ether oxygens (including phenoxy) is 1. The lowest BCUT2D eigenvalue weighted by Crippen LogP contribution is -2.45. The number of hydrogen-bond acceptors (Lipinski definition) is 6. The molecule has 0 aliphatic carbocycles. The smallest absolute Gasteiger partial charge is 0.223 e. The lowest BCUT2D eigenvalue weighted by atomic mass is 10.1. The highest BCUT2D eigenvalue weighted by atomic mass is 16.5. The molecule has 2 heterocycles. The van der Waals surface area contributed by atoms with Crippen LogP contribution in [-0.4, -0.2) is 53.2 Å². The molecule has 0 spiro atoms. The van der Waals surface area contributed by atoms with E-state index in [0.29, 0.717) is 5.89 Å². The van der Waals surface area contributed by atoms with Crippen LogP contribution in [0.1, 0.15) is 22.8 Å². The summed E-state index contributed by atoms with van der Waals surface area (Å²) in [5.74, 6) is 2.38. The molecule has 0 unspecified atom stereocenters. The zero-order valence-corrected chi connectivity index (χ0v) is 14.1. The fourth-order valence-corrected chi connectivity index (χ4v) is 2.98. The molecule has 2 aromatic rings. The first-order valence-corrected chi connectivity index (χ1v) is 8.01. The Kier molecular flexibility index (Phi) is 4.93. The van der Waals surface area contributed by atoms with Gasteiger partial charge >= 0.3 is 0 Å². The second-order valence-electron chi connectivity index (χ2n) is 6.10. The van der Waals surface area contributed by atoms with Crippen molar-refractivity contribution in [3.8, 4) is 5.75 Å². The van der Waals surface area contributed by atoms with Crippen molar-refractivity contribution in [1.29, 1.82) is 0 Å². The Balaban J connectivity index is 1.54. The van der Waals surface area contributed by atoms with Crippen molar-refractivity contribution in [3.63, 3.8) is 0 Å². The normalized spacial score (nSPS) is 16.7. The highest BCUT2D eigenvalue weighted by Gasteiger charge is 2.19. The molecule has 1 aromatic carbocycles. The van der Waals surface area contributed by atoms with E-state index in [4.69, 9.17) is 9.26 Å². The summed E-state index contributed by atoms with van der Waals surface area (Å²) in [5.41, 5.74) is 2.53. The summed E-state index contributed by atoms with van der Waals surface area (Å²) in [6, 6.07) is 6.36. The molecule has 0 atom stereocenters. The Morgan fingerprint density at radius 2 is 1.78 bits per heavy atom. The predicted molar refractivity (Wildman–Crippen MR) is 87.3 cm³/mol. The van der Waals surface area contributed by atoms with E-state index < -0.39 is 0 Å². The van der Waals surface area contributed by atoms with Gasteiger partial charge in [-0.1, -0.05) is 22.9 Å². The number of rotatable bonds is 5. The van der Waals surface area contributed by atoms with Gasteiger partial charge in [-0.15, -0.1) is 0 Å². The number of nitrogens with zero attached hydrogens (tertiary/aromatic N) is 4. The molecule has 1 aliphatic heterocycles. The van der Waals surface area contributed by atoms with E-state index in [0.717, 1.165) is 50.8 Å². The number of hydrogen-bond donors (Lipinski definition) is 0. The molecule has 23 heavy (non-hydrogen) atoms. The lowest BCUT2D eigenvalue weighted by molar-refractivity contribution is 0.118. The Bertz CT molecular complexity index is 648. The largest absolute Gasteiger partial charge is 0.496 e. The number of aryl methyl sites for hydroxylation is 2. The van der Waals surface area contributed by atoms with Crippen molar-refractivity contribution in [2.24, 2.45) is 0 Å². The van der Waals surface area contributed by atoms with Gasteiger partial charge in [0.1, 0.15) is 5.75 Å². The molecule has 0 amide bonds. The topological polar surface area (TPSA) is 54.6 Å². The summed E-state index contributed by atoms with van der Waals surface area (Å²) in [5, 5.41) is 3.97. The summed E-state index contributed by atoms with van der Waals surface area (Å²) >= 11 is 0. The van der Waals surface area contributed by atoms with Crippen LogP contribution in [-0.2, 0) is 13.1 Å². The second kappa shape index (κ2) is 7.10. The summed E-state index contributed by atoms with van der Waals surface area (Å²) in [4.78, 5) is 9.11. The second-order valence-corrected chi connectivity index (χ2v) is 6.10. The third kappa shape index (κ3) is 4.09. The molecule has 1 aliphatic rings. The van der Waals surface area contributed by atoms with Gasteiger partial charge in [-0.2, -0.15) is 4.98 Å². The fraction of sp³-hybridized carbons (Fsp3) is 0.529. The molecule has 0 radical (unpaired) electrons. The molecular weight excluding hydrogens is 292 g/mol. The maximum atomic E-state index is 5.48. The molecule has 0 bridgehead atoms. The van der Waals surface area contributed by atoms with Gasteiger partial charge in [0.05, 0.1) is 13.7 Å². The third-order valence-electron chi connectivity index (χ3n) is 4.23. The van der Waals surface area contributed by atoms with E-state index in [1.165, 1.54) is 11.1 Å². The van der Waals surface area contributed by atoms with Gasteiger partial charge in [0.15, 0.2) is 5.82 Å². The predicted octanol–water partition coefficient (Wildman–Crippen LogP) is 2.01. The summed E-state index contributed by atoms with van der Waals surface area (Å²) in [6.07, 6.45) is 0. The van der Waals surface area contributed by atoms with Crippen LogP contribution in [0.4, 0.5) is 0 Å². The van der Waals surface area contributed by atoms with Crippen molar-refractivity contribution < 1.29 is 9.26 Å². The minimum absolute atomic E-state index is 0.630. The standard InChI is InChI=1S/C17H24N4O2/c1-13-4-5-16(22-3)15(10-13)11-20-6-8-21(9-7-20)12-17-18-14(2)23-19-17/h4-5,10H,6-9,11-12H2,1-3H3. The Hall–Kier alpha value is -1.92. The van der Waals surface area contributed by atoms with Crippen molar-refractivity contribution in [1.82, 2.24) is 19.9 Å². The van der Waals surface area contributed by atoms with Crippen molar-refractivity contribution in [3.05, 3.63) is 41.0 Å². The van der Waals surface area contributed by atoms with Crippen molar-refractivity contribution >= 4 is 0 Å². The number of aromatic nitrogens is 2. The highest BCUT2D eigenvalue weighted by Crippen LogP contribution is 2.22. The summed E-state index contributed by atoms with van der Waals surface area (Å²) in [7, 11) is 1.74. The SMILES string of the molecule is COc1ccc(C)cc1CN1CCN(Cc2noc(C)n2)CC1. The molecule has 1 saturated heterocycles. The molecule has 124 valence electrons. The van der Waals surface area contributed by atoms with Crippen LogP contribution in [0, 0.1) is 13.8 Å². The minimum atomic E-state index is 0.630. The maximum absolute atomic E-state index is 5.48. The fourth-order valence-electron chi connectivity index (χ4n) is 2.98. The van der Waals surface area contributed by atoms with E-state index in [1.54, 1.807) is 7.11 Å². The first kappa shape index (κ1) is 16.0. The molecule has 6 nitrogen and oxygen atoms in total. The van der Waals surface area contributed by atoms with Crippen LogP contribution in [0.5, 0.6) is 5.75 Å². The van der Waals surface area contributed by atoms with Crippen molar-refractivity contribution in [2.75, 3.05) is 33.3 Å². The summed E-state index contributed by atoms with van der Waals surface area (Å²) < 4.78 is 10.5. The zero-order valence-electron chi connectivity index (χ0n) is 14.1. The Labute approximate surface area is 137 Å². The van der Waals surface area contributed by atoms with Crippen molar-refractivity contribution in [2.45, 2.75) is 26.9 Å². The molecular formula is C17H24N4O2. The first-order valence-electron chi connectivity index (χ1n) is 8.01. The van der Waals surface area contributed by atoms with Crippen LogP contribution in [0.2, 0.25) is 0 Å². The zero-order chi connectivity index (χ0) is 16.2. The van der Waals surface area contributed by atoms with Crippen LogP contribution in [0.15, 0.2) is 22.7 Å². The van der Waals surface area contributed by atoms with Gasteiger partial charge in [0.25, 0.3) is 0 Å². The molecule has 0 saturated carbocycles. The third-order valence-corrected chi connectivity index (χ3v) is 4.23. The van der Waals surface area contributed by atoms with Crippen LogP contribution < -0.4 is 4.74 Å².